The van der Waals surface area contributed by atoms with Crippen molar-refractivity contribution in [3.05, 3.63) is 59.2 Å². The zero-order valence-corrected chi connectivity index (χ0v) is 12.7. The molecule has 0 aliphatic heterocycles. The Balaban J connectivity index is 2.27. The van der Waals surface area contributed by atoms with Crippen LogP contribution in [0.3, 0.4) is 0 Å². The highest BCUT2D eigenvalue weighted by Crippen LogP contribution is 2.27. The van der Waals surface area contributed by atoms with Crippen LogP contribution in [0, 0.1) is 6.92 Å². The molecule has 1 atom stereocenters. The van der Waals surface area contributed by atoms with Gasteiger partial charge < -0.3 is 9.47 Å². The number of hydrazine groups is 1. The number of ether oxygens (including phenoxy) is 2. The predicted molar refractivity (Wildman–Crippen MR) is 84.5 cm³/mol. The van der Waals surface area contributed by atoms with Gasteiger partial charge in [-0.25, -0.2) is 0 Å². The SMILES string of the molecule is COc1cc(C(Cc2ccccc2OC)NN)ccc1C. The summed E-state index contributed by atoms with van der Waals surface area (Å²) in [5, 5.41) is 0. The minimum Gasteiger partial charge on any atom is -0.496 e. The maximum absolute atomic E-state index is 5.74. The van der Waals surface area contributed by atoms with Crippen molar-refractivity contribution >= 4 is 0 Å². The first-order valence-corrected chi connectivity index (χ1v) is 6.92. The van der Waals surface area contributed by atoms with Crippen LogP contribution < -0.4 is 20.7 Å². The molecule has 0 amide bonds. The third kappa shape index (κ3) is 3.54. The van der Waals surface area contributed by atoms with Gasteiger partial charge in [-0.2, -0.15) is 0 Å². The Hall–Kier alpha value is -2.04. The van der Waals surface area contributed by atoms with E-state index in [9.17, 15) is 0 Å². The summed E-state index contributed by atoms with van der Waals surface area (Å²) in [5.41, 5.74) is 6.19. The lowest BCUT2D eigenvalue weighted by Crippen LogP contribution is -2.29. The minimum absolute atomic E-state index is 0.00389. The second kappa shape index (κ2) is 7.11. The lowest BCUT2D eigenvalue weighted by atomic mass is 9.97. The summed E-state index contributed by atoms with van der Waals surface area (Å²) in [4.78, 5) is 0. The largest absolute Gasteiger partial charge is 0.496 e. The molecule has 2 rings (SSSR count). The highest BCUT2D eigenvalue weighted by atomic mass is 16.5. The zero-order valence-electron chi connectivity index (χ0n) is 12.7. The third-order valence-corrected chi connectivity index (χ3v) is 3.65. The van der Waals surface area contributed by atoms with Gasteiger partial charge in [-0.1, -0.05) is 30.3 Å². The summed E-state index contributed by atoms with van der Waals surface area (Å²) in [5.74, 6) is 7.48. The number of benzene rings is 2. The van der Waals surface area contributed by atoms with E-state index in [0.29, 0.717) is 0 Å². The fraction of sp³-hybridized carbons (Fsp3) is 0.294. The monoisotopic (exact) mass is 286 g/mol. The van der Waals surface area contributed by atoms with Crippen LogP contribution in [0.5, 0.6) is 11.5 Å². The Morgan fingerprint density at radius 1 is 1.05 bits per heavy atom. The lowest BCUT2D eigenvalue weighted by molar-refractivity contribution is 0.404. The maximum Gasteiger partial charge on any atom is 0.122 e. The van der Waals surface area contributed by atoms with Crippen molar-refractivity contribution < 1.29 is 9.47 Å². The fourth-order valence-electron chi connectivity index (χ4n) is 2.42. The van der Waals surface area contributed by atoms with Gasteiger partial charge in [0.25, 0.3) is 0 Å². The first-order valence-electron chi connectivity index (χ1n) is 6.92. The summed E-state index contributed by atoms with van der Waals surface area (Å²) < 4.78 is 10.8. The average Bonchev–Trinajstić information content (AvgIpc) is 2.53. The van der Waals surface area contributed by atoms with Crippen molar-refractivity contribution in [1.29, 1.82) is 0 Å². The standard InChI is InChI=1S/C17H22N2O2/c1-12-8-9-13(11-17(12)21-3)15(19-18)10-14-6-4-5-7-16(14)20-2/h4-9,11,15,19H,10,18H2,1-3H3. The van der Waals surface area contributed by atoms with Crippen LogP contribution in [-0.2, 0) is 6.42 Å². The Morgan fingerprint density at radius 3 is 2.43 bits per heavy atom. The molecule has 3 N–H and O–H groups in total. The molecule has 0 aromatic heterocycles. The molecule has 4 nitrogen and oxygen atoms in total. The van der Waals surface area contributed by atoms with Crippen LogP contribution in [-0.4, -0.2) is 14.2 Å². The third-order valence-electron chi connectivity index (χ3n) is 3.65. The highest BCUT2D eigenvalue weighted by Gasteiger charge is 2.14. The van der Waals surface area contributed by atoms with Crippen LogP contribution in [0.1, 0.15) is 22.7 Å². The van der Waals surface area contributed by atoms with E-state index in [1.54, 1.807) is 14.2 Å². The van der Waals surface area contributed by atoms with Gasteiger partial charge >= 0.3 is 0 Å². The molecule has 0 fully saturated rings. The summed E-state index contributed by atoms with van der Waals surface area (Å²) in [6.07, 6.45) is 0.743. The van der Waals surface area contributed by atoms with Crippen molar-refractivity contribution in [2.24, 2.45) is 5.84 Å². The molecule has 0 spiro atoms. The lowest BCUT2D eigenvalue weighted by Gasteiger charge is -2.19. The Morgan fingerprint density at radius 2 is 1.76 bits per heavy atom. The van der Waals surface area contributed by atoms with Crippen molar-refractivity contribution in [2.75, 3.05) is 14.2 Å². The Labute approximate surface area is 125 Å². The van der Waals surface area contributed by atoms with E-state index < -0.39 is 0 Å². The number of methoxy groups -OCH3 is 2. The zero-order chi connectivity index (χ0) is 15.2. The molecule has 0 saturated carbocycles. The van der Waals surface area contributed by atoms with Crippen LogP contribution in [0.4, 0.5) is 0 Å². The molecule has 2 aromatic rings. The number of aryl methyl sites for hydroxylation is 1. The molecular formula is C17H22N2O2. The number of para-hydroxylation sites is 1. The molecule has 4 heteroatoms. The van der Waals surface area contributed by atoms with E-state index in [0.717, 1.165) is 34.6 Å². The van der Waals surface area contributed by atoms with E-state index in [1.165, 1.54) is 0 Å². The quantitative estimate of drug-likeness (QED) is 0.633. The smallest absolute Gasteiger partial charge is 0.122 e. The summed E-state index contributed by atoms with van der Waals surface area (Å²) in [7, 11) is 3.36. The number of nitrogens with two attached hydrogens (primary N) is 1. The van der Waals surface area contributed by atoms with Gasteiger partial charge in [0.15, 0.2) is 0 Å². The Kier molecular flexibility index (Phi) is 5.20. The summed E-state index contributed by atoms with van der Waals surface area (Å²) in [6, 6.07) is 14.1. The van der Waals surface area contributed by atoms with Gasteiger partial charge in [-0.3, -0.25) is 11.3 Å². The second-order valence-corrected chi connectivity index (χ2v) is 4.96. The fourth-order valence-corrected chi connectivity index (χ4v) is 2.42. The molecular weight excluding hydrogens is 264 g/mol. The van der Waals surface area contributed by atoms with Crippen LogP contribution in [0.15, 0.2) is 42.5 Å². The molecule has 0 bridgehead atoms. The van der Waals surface area contributed by atoms with E-state index in [-0.39, 0.29) is 6.04 Å². The second-order valence-electron chi connectivity index (χ2n) is 4.96. The Bertz CT molecular complexity index is 599. The molecule has 1 unspecified atom stereocenters. The number of hydrogen-bond acceptors (Lipinski definition) is 4. The van der Waals surface area contributed by atoms with Crippen molar-refractivity contribution in [2.45, 2.75) is 19.4 Å². The number of hydrogen-bond donors (Lipinski definition) is 2. The van der Waals surface area contributed by atoms with E-state index in [2.05, 4.69) is 17.6 Å². The molecule has 2 aromatic carbocycles. The minimum atomic E-state index is -0.00389. The predicted octanol–water partition coefficient (Wildman–Crippen LogP) is 2.76. The molecule has 0 aliphatic rings. The molecule has 0 aliphatic carbocycles. The molecule has 0 radical (unpaired) electrons. The highest BCUT2D eigenvalue weighted by molar-refractivity contribution is 5.40. The first kappa shape index (κ1) is 15.4. The number of rotatable bonds is 6. The van der Waals surface area contributed by atoms with Gasteiger partial charge in [-0.15, -0.1) is 0 Å². The topological polar surface area (TPSA) is 56.5 Å². The van der Waals surface area contributed by atoms with Crippen LogP contribution in [0.25, 0.3) is 0 Å². The van der Waals surface area contributed by atoms with E-state index >= 15 is 0 Å². The summed E-state index contributed by atoms with van der Waals surface area (Å²) >= 11 is 0. The molecule has 112 valence electrons. The van der Waals surface area contributed by atoms with Crippen molar-refractivity contribution in [3.63, 3.8) is 0 Å². The van der Waals surface area contributed by atoms with Crippen molar-refractivity contribution in [1.82, 2.24) is 5.43 Å². The van der Waals surface area contributed by atoms with Gasteiger partial charge in [0, 0.05) is 0 Å². The number of nitrogens with one attached hydrogen (secondary N) is 1. The van der Waals surface area contributed by atoms with Gasteiger partial charge in [0.2, 0.25) is 0 Å². The van der Waals surface area contributed by atoms with Gasteiger partial charge in [-0.05, 0) is 42.2 Å². The molecule has 0 heterocycles. The first-order chi connectivity index (χ1) is 10.2. The van der Waals surface area contributed by atoms with E-state index in [4.69, 9.17) is 15.3 Å². The van der Waals surface area contributed by atoms with Crippen LogP contribution >= 0.6 is 0 Å². The average molecular weight is 286 g/mol. The molecule has 21 heavy (non-hydrogen) atoms. The summed E-state index contributed by atoms with van der Waals surface area (Å²) in [6.45, 7) is 2.02. The van der Waals surface area contributed by atoms with Gasteiger partial charge in [0.1, 0.15) is 11.5 Å². The van der Waals surface area contributed by atoms with E-state index in [1.807, 2.05) is 37.3 Å². The van der Waals surface area contributed by atoms with Gasteiger partial charge in [0.05, 0.1) is 20.3 Å². The maximum atomic E-state index is 5.74. The molecule has 0 saturated heterocycles. The van der Waals surface area contributed by atoms with Crippen molar-refractivity contribution in [3.8, 4) is 11.5 Å². The van der Waals surface area contributed by atoms with Crippen LogP contribution in [0.2, 0.25) is 0 Å². The normalized spacial score (nSPS) is 12.0.